The highest BCUT2D eigenvalue weighted by Gasteiger charge is 2.26. The Kier molecular flexibility index (Phi) is 4.15. The average molecular weight is 428 g/mol. The Morgan fingerprint density at radius 2 is 1.79 bits per heavy atom. The summed E-state index contributed by atoms with van der Waals surface area (Å²) >= 11 is 7.58. The van der Waals surface area contributed by atoms with Gasteiger partial charge in [0.05, 0.1) is 10.9 Å². The van der Waals surface area contributed by atoms with Crippen LogP contribution in [0.2, 0.25) is 4.34 Å². The summed E-state index contributed by atoms with van der Waals surface area (Å²) in [6.07, 6.45) is 2.66. The monoisotopic (exact) mass is 427 g/mol. The molecular formula is C22H15ClFNO3S. The van der Waals surface area contributed by atoms with E-state index >= 15 is 0 Å². The van der Waals surface area contributed by atoms with E-state index in [9.17, 15) is 19.4 Å². The standard InChI is InChI=1S/C22H15ClFNO3S/c23-20-15(13-9-8-10-4-3-6-11(10)18(13)26)17-19(27)16(21(28)25-22(17)29-20)12-5-1-2-7-14(12)24/h1-2,5,7-9,26H,3-4,6H2,(H2,25,27,28). The molecule has 3 N–H and O–H groups in total. The summed E-state index contributed by atoms with van der Waals surface area (Å²) in [5, 5.41) is 22.2. The third-order valence-electron chi connectivity index (χ3n) is 5.46. The second kappa shape index (κ2) is 6.61. The van der Waals surface area contributed by atoms with Crippen molar-refractivity contribution in [3.8, 4) is 33.8 Å². The molecule has 4 nitrogen and oxygen atoms in total. The summed E-state index contributed by atoms with van der Waals surface area (Å²) in [6.45, 7) is 0. The number of halogens is 2. The van der Waals surface area contributed by atoms with Crippen molar-refractivity contribution in [1.29, 1.82) is 0 Å². The van der Waals surface area contributed by atoms with Crippen LogP contribution >= 0.6 is 22.9 Å². The lowest BCUT2D eigenvalue weighted by molar-refractivity contribution is 0.471. The maximum atomic E-state index is 14.4. The molecule has 0 fully saturated rings. The quantitative estimate of drug-likeness (QED) is 0.389. The Labute approximate surface area is 173 Å². The molecule has 0 atom stereocenters. The number of benzene rings is 2. The molecule has 0 saturated carbocycles. The highest BCUT2D eigenvalue weighted by atomic mass is 35.5. The molecular weight excluding hydrogens is 413 g/mol. The smallest absolute Gasteiger partial charge is 0.260 e. The zero-order chi connectivity index (χ0) is 20.3. The number of aromatic hydroxyl groups is 2. The normalized spacial score (nSPS) is 13.2. The summed E-state index contributed by atoms with van der Waals surface area (Å²) in [4.78, 5) is 15.7. The van der Waals surface area contributed by atoms with Gasteiger partial charge in [0.2, 0.25) is 0 Å². The molecule has 4 aromatic rings. The van der Waals surface area contributed by atoms with E-state index in [2.05, 4.69) is 4.98 Å². The molecule has 2 aromatic heterocycles. The Morgan fingerprint density at radius 1 is 1.00 bits per heavy atom. The van der Waals surface area contributed by atoms with Crippen molar-refractivity contribution in [2.75, 3.05) is 0 Å². The molecule has 1 aliphatic rings. The number of H-pyrrole nitrogens is 1. The van der Waals surface area contributed by atoms with E-state index in [4.69, 9.17) is 11.6 Å². The predicted octanol–water partition coefficient (Wildman–Crippen LogP) is 5.62. The highest BCUT2D eigenvalue weighted by Crippen LogP contribution is 2.50. The van der Waals surface area contributed by atoms with Crippen LogP contribution in [0.5, 0.6) is 11.5 Å². The molecule has 2 aromatic carbocycles. The van der Waals surface area contributed by atoms with Crippen molar-refractivity contribution < 1.29 is 14.6 Å². The second-order valence-electron chi connectivity index (χ2n) is 7.07. The minimum absolute atomic E-state index is 0.000372. The number of pyridine rings is 1. The van der Waals surface area contributed by atoms with Gasteiger partial charge in [-0.2, -0.15) is 0 Å². The summed E-state index contributed by atoms with van der Waals surface area (Å²) in [5.41, 5.74) is 2.14. The molecule has 0 saturated heterocycles. The first-order valence-electron chi connectivity index (χ1n) is 9.13. The molecule has 7 heteroatoms. The van der Waals surface area contributed by atoms with Crippen LogP contribution in [-0.4, -0.2) is 15.2 Å². The minimum Gasteiger partial charge on any atom is -0.507 e. The number of fused-ring (bicyclic) bond motifs is 2. The first-order valence-corrected chi connectivity index (χ1v) is 10.3. The molecule has 0 aliphatic heterocycles. The van der Waals surface area contributed by atoms with Crippen LogP contribution in [0.15, 0.2) is 41.2 Å². The van der Waals surface area contributed by atoms with Crippen LogP contribution in [-0.2, 0) is 12.8 Å². The van der Waals surface area contributed by atoms with Crippen molar-refractivity contribution >= 4 is 33.2 Å². The van der Waals surface area contributed by atoms with Crippen LogP contribution in [0.3, 0.4) is 0 Å². The molecule has 2 heterocycles. The van der Waals surface area contributed by atoms with Crippen molar-refractivity contribution in [3.05, 3.63) is 68.0 Å². The van der Waals surface area contributed by atoms with E-state index in [1.54, 1.807) is 12.1 Å². The number of nitrogens with one attached hydrogen (secondary N) is 1. The van der Waals surface area contributed by atoms with Crippen molar-refractivity contribution in [3.63, 3.8) is 0 Å². The molecule has 0 bridgehead atoms. The third kappa shape index (κ3) is 2.67. The molecule has 0 radical (unpaired) electrons. The number of aromatic nitrogens is 1. The van der Waals surface area contributed by atoms with Gasteiger partial charge < -0.3 is 15.2 Å². The lowest BCUT2D eigenvalue weighted by Crippen LogP contribution is -2.09. The van der Waals surface area contributed by atoms with Crippen molar-refractivity contribution in [2.24, 2.45) is 0 Å². The number of thiophene rings is 1. The zero-order valence-electron chi connectivity index (χ0n) is 15.1. The zero-order valence-corrected chi connectivity index (χ0v) is 16.6. The first kappa shape index (κ1) is 18.2. The van der Waals surface area contributed by atoms with Gasteiger partial charge in [0, 0.05) is 16.7 Å². The van der Waals surface area contributed by atoms with Crippen molar-refractivity contribution in [1.82, 2.24) is 4.98 Å². The third-order valence-corrected chi connectivity index (χ3v) is 6.77. The van der Waals surface area contributed by atoms with E-state index in [0.717, 1.165) is 41.7 Å². The molecule has 0 spiro atoms. The number of rotatable bonds is 2. The van der Waals surface area contributed by atoms with Crippen LogP contribution < -0.4 is 5.56 Å². The van der Waals surface area contributed by atoms with E-state index < -0.39 is 11.4 Å². The van der Waals surface area contributed by atoms with E-state index in [0.29, 0.717) is 25.7 Å². The number of aromatic amines is 1. The van der Waals surface area contributed by atoms with Gasteiger partial charge in [0.15, 0.2) is 0 Å². The van der Waals surface area contributed by atoms with Gasteiger partial charge in [-0.25, -0.2) is 4.39 Å². The maximum Gasteiger partial charge on any atom is 0.260 e. The molecule has 5 rings (SSSR count). The summed E-state index contributed by atoms with van der Waals surface area (Å²) < 4.78 is 14.7. The van der Waals surface area contributed by atoms with Gasteiger partial charge in [-0.05, 0) is 36.5 Å². The molecule has 1 aliphatic carbocycles. The number of phenolic OH excluding ortho intramolecular Hbond substituents is 1. The van der Waals surface area contributed by atoms with Crippen LogP contribution in [0, 0.1) is 5.82 Å². The molecule has 0 unspecified atom stereocenters. The van der Waals surface area contributed by atoms with Gasteiger partial charge in [0.25, 0.3) is 5.56 Å². The van der Waals surface area contributed by atoms with Crippen LogP contribution in [0.25, 0.3) is 32.5 Å². The Balaban J connectivity index is 1.85. The molecule has 146 valence electrons. The van der Waals surface area contributed by atoms with Crippen molar-refractivity contribution in [2.45, 2.75) is 19.3 Å². The SMILES string of the molecule is O=c1[nH]c2sc(Cl)c(-c3ccc4c(c3O)CCC4)c2c(O)c1-c1ccccc1F. The van der Waals surface area contributed by atoms with Gasteiger partial charge in [-0.1, -0.05) is 41.9 Å². The van der Waals surface area contributed by atoms with Gasteiger partial charge >= 0.3 is 0 Å². The summed E-state index contributed by atoms with van der Waals surface area (Å²) in [7, 11) is 0. The minimum atomic E-state index is -0.615. The first-order chi connectivity index (χ1) is 14.0. The maximum absolute atomic E-state index is 14.4. The van der Waals surface area contributed by atoms with Gasteiger partial charge in [0.1, 0.15) is 26.5 Å². The number of hydrogen-bond donors (Lipinski definition) is 3. The number of hydrogen-bond acceptors (Lipinski definition) is 4. The van der Waals surface area contributed by atoms with Gasteiger partial charge in [-0.3, -0.25) is 4.79 Å². The fraction of sp³-hybridized carbons (Fsp3) is 0.136. The fourth-order valence-corrected chi connectivity index (χ4v) is 5.48. The average Bonchev–Trinajstić information content (AvgIpc) is 3.28. The Morgan fingerprint density at radius 3 is 2.59 bits per heavy atom. The number of aryl methyl sites for hydroxylation is 1. The van der Waals surface area contributed by atoms with E-state index in [-0.39, 0.29) is 22.6 Å². The van der Waals surface area contributed by atoms with Crippen LogP contribution in [0.4, 0.5) is 4.39 Å². The van der Waals surface area contributed by atoms with E-state index in [1.165, 1.54) is 18.2 Å². The topological polar surface area (TPSA) is 73.3 Å². The predicted molar refractivity (Wildman–Crippen MR) is 114 cm³/mol. The summed E-state index contributed by atoms with van der Waals surface area (Å²) in [6, 6.07) is 9.50. The Bertz CT molecular complexity index is 1360. The molecule has 29 heavy (non-hydrogen) atoms. The van der Waals surface area contributed by atoms with Crippen LogP contribution in [0.1, 0.15) is 17.5 Å². The molecule has 0 amide bonds. The largest absolute Gasteiger partial charge is 0.507 e. The van der Waals surface area contributed by atoms with Gasteiger partial charge in [-0.15, -0.1) is 11.3 Å². The lowest BCUT2D eigenvalue weighted by Gasteiger charge is -2.11. The lowest BCUT2D eigenvalue weighted by atomic mass is 9.97. The summed E-state index contributed by atoms with van der Waals surface area (Å²) in [5.74, 6) is -0.831. The van der Waals surface area contributed by atoms with E-state index in [1.807, 2.05) is 6.07 Å². The number of phenols is 1. The Hall–Kier alpha value is -2.83. The second-order valence-corrected chi connectivity index (χ2v) is 8.69. The highest BCUT2D eigenvalue weighted by molar-refractivity contribution is 7.23. The fourth-order valence-electron chi connectivity index (χ4n) is 4.12.